The van der Waals surface area contributed by atoms with E-state index in [9.17, 15) is 5.11 Å². The van der Waals surface area contributed by atoms with E-state index in [-0.39, 0.29) is 11.9 Å². The van der Waals surface area contributed by atoms with E-state index in [1.807, 2.05) is 6.92 Å². The van der Waals surface area contributed by atoms with Gasteiger partial charge in [-0.15, -0.1) is 16.4 Å². The summed E-state index contributed by atoms with van der Waals surface area (Å²) in [4.78, 5) is 9.09. The van der Waals surface area contributed by atoms with E-state index in [1.54, 1.807) is 32.1 Å². The first kappa shape index (κ1) is 14.2. The lowest BCUT2D eigenvalue weighted by molar-refractivity contribution is -0.912. The molecule has 22 heavy (non-hydrogen) atoms. The minimum absolute atomic E-state index is 0.205. The molecular formula is C15H19N4OS2+. The summed E-state index contributed by atoms with van der Waals surface area (Å²) in [5.74, 6) is 0.961. The molecule has 0 bridgehead atoms. The molecule has 5 nitrogen and oxygen atoms in total. The molecule has 0 radical (unpaired) electrons. The molecule has 4 rings (SSSR count). The van der Waals surface area contributed by atoms with Crippen molar-refractivity contribution in [1.29, 1.82) is 0 Å². The molecule has 7 heteroatoms. The fourth-order valence-corrected chi connectivity index (χ4v) is 5.66. The number of hydrogen-bond acceptors (Lipinski definition) is 5. The van der Waals surface area contributed by atoms with Crippen molar-refractivity contribution >= 4 is 27.6 Å². The van der Waals surface area contributed by atoms with Gasteiger partial charge in [-0.05, 0) is 30.9 Å². The van der Waals surface area contributed by atoms with Gasteiger partial charge in [0, 0.05) is 12.8 Å². The fourth-order valence-electron chi connectivity index (χ4n) is 3.32. The van der Waals surface area contributed by atoms with Crippen molar-refractivity contribution in [1.82, 2.24) is 14.6 Å². The Morgan fingerprint density at radius 1 is 1.27 bits per heavy atom. The lowest BCUT2D eigenvalue weighted by atomic mass is 10.1. The molecule has 1 atom stereocenters. The molecule has 4 heterocycles. The SMILES string of the molecule is Cc1nc2sc([C@@H](c3sccc3C)[NH+]3CCCC3)c(O)n2n1. The first-order chi connectivity index (χ1) is 10.6. The second-order valence-electron chi connectivity index (χ2n) is 5.91. The van der Waals surface area contributed by atoms with Crippen LogP contribution in [0.4, 0.5) is 0 Å². The van der Waals surface area contributed by atoms with E-state index < -0.39 is 0 Å². The molecule has 0 spiro atoms. The molecule has 2 N–H and O–H groups in total. The fraction of sp³-hybridized carbons (Fsp3) is 0.467. The smallest absolute Gasteiger partial charge is 0.235 e. The average Bonchev–Trinajstić information content (AvgIpc) is 3.23. The Morgan fingerprint density at radius 3 is 2.68 bits per heavy atom. The number of quaternary nitrogens is 1. The topological polar surface area (TPSA) is 54.9 Å². The molecule has 0 aliphatic carbocycles. The highest BCUT2D eigenvalue weighted by Gasteiger charge is 2.35. The number of aryl methyl sites for hydroxylation is 2. The third-order valence-corrected chi connectivity index (χ3v) is 6.55. The van der Waals surface area contributed by atoms with Crippen LogP contribution in [0.2, 0.25) is 0 Å². The zero-order chi connectivity index (χ0) is 15.3. The van der Waals surface area contributed by atoms with E-state index in [0.717, 1.165) is 22.9 Å². The summed E-state index contributed by atoms with van der Waals surface area (Å²) in [5.41, 5.74) is 1.31. The molecule has 0 amide bonds. The number of thiazole rings is 1. The number of likely N-dealkylation sites (tertiary alicyclic amines) is 1. The Bertz CT molecular complexity index is 813. The number of fused-ring (bicyclic) bond motifs is 1. The summed E-state index contributed by atoms with van der Waals surface area (Å²) in [7, 11) is 0. The Kier molecular flexibility index (Phi) is 3.43. The Balaban J connectivity index is 1.86. The van der Waals surface area contributed by atoms with E-state index in [0.29, 0.717) is 5.82 Å². The van der Waals surface area contributed by atoms with Crippen molar-refractivity contribution in [2.24, 2.45) is 0 Å². The predicted octanol–water partition coefficient (Wildman–Crippen LogP) is 1.94. The summed E-state index contributed by atoms with van der Waals surface area (Å²) in [5, 5.41) is 17.1. The second kappa shape index (κ2) is 5.33. The third kappa shape index (κ3) is 2.15. The highest BCUT2D eigenvalue weighted by Crippen LogP contribution is 2.37. The number of thiophene rings is 1. The van der Waals surface area contributed by atoms with Crippen LogP contribution in [-0.4, -0.2) is 32.8 Å². The summed E-state index contributed by atoms with van der Waals surface area (Å²) in [6, 6.07) is 2.37. The highest BCUT2D eigenvalue weighted by molar-refractivity contribution is 7.17. The Labute approximate surface area is 136 Å². The molecule has 1 aliphatic rings. The average molecular weight is 335 g/mol. The maximum atomic E-state index is 10.7. The molecule has 116 valence electrons. The summed E-state index contributed by atoms with van der Waals surface area (Å²) in [6.07, 6.45) is 2.52. The monoisotopic (exact) mass is 335 g/mol. The summed E-state index contributed by atoms with van der Waals surface area (Å²) >= 11 is 3.36. The second-order valence-corrected chi connectivity index (χ2v) is 7.87. The molecule has 1 aliphatic heterocycles. The van der Waals surface area contributed by atoms with Crippen molar-refractivity contribution in [3.8, 4) is 5.88 Å². The molecule has 0 unspecified atom stereocenters. The van der Waals surface area contributed by atoms with Gasteiger partial charge in [-0.1, -0.05) is 11.3 Å². The van der Waals surface area contributed by atoms with Crippen molar-refractivity contribution in [2.45, 2.75) is 32.7 Å². The van der Waals surface area contributed by atoms with Crippen LogP contribution in [0.1, 0.15) is 40.0 Å². The minimum atomic E-state index is 0.205. The molecule has 3 aromatic rings. The van der Waals surface area contributed by atoms with Gasteiger partial charge in [-0.25, -0.2) is 4.98 Å². The molecule has 3 aromatic heterocycles. The Morgan fingerprint density at radius 2 is 2.05 bits per heavy atom. The van der Waals surface area contributed by atoms with E-state index in [1.165, 1.54) is 23.3 Å². The van der Waals surface area contributed by atoms with Gasteiger partial charge in [-0.3, -0.25) is 0 Å². The number of aromatic nitrogens is 3. The lowest BCUT2D eigenvalue weighted by Crippen LogP contribution is -3.10. The summed E-state index contributed by atoms with van der Waals surface area (Å²) < 4.78 is 1.58. The lowest BCUT2D eigenvalue weighted by Gasteiger charge is -2.23. The van der Waals surface area contributed by atoms with Gasteiger partial charge in [-0.2, -0.15) is 4.52 Å². The number of hydrogen-bond donors (Lipinski definition) is 2. The van der Waals surface area contributed by atoms with E-state index in [2.05, 4.69) is 28.5 Å². The van der Waals surface area contributed by atoms with Gasteiger partial charge in [0.2, 0.25) is 10.8 Å². The quantitative estimate of drug-likeness (QED) is 0.769. The van der Waals surface area contributed by atoms with Crippen LogP contribution in [0.3, 0.4) is 0 Å². The van der Waals surface area contributed by atoms with E-state index in [4.69, 9.17) is 0 Å². The zero-order valence-electron chi connectivity index (χ0n) is 12.7. The van der Waals surface area contributed by atoms with Crippen molar-refractivity contribution < 1.29 is 10.0 Å². The van der Waals surface area contributed by atoms with E-state index >= 15 is 0 Å². The van der Waals surface area contributed by atoms with Gasteiger partial charge in [0.1, 0.15) is 10.7 Å². The Hall–Kier alpha value is -1.44. The maximum Gasteiger partial charge on any atom is 0.235 e. The minimum Gasteiger partial charge on any atom is -0.492 e. The first-order valence-corrected chi connectivity index (χ1v) is 9.28. The normalized spacial score (nSPS) is 17.5. The molecule has 0 aromatic carbocycles. The van der Waals surface area contributed by atoms with Crippen LogP contribution >= 0.6 is 22.7 Å². The van der Waals surface area contributed by atoms with Crippen LogP contribution < -0.4 is 4.90 Å². The van der Waals surface area contributed by atoms with Gasteiger partial charge in [0.05, 0.1) is 18.0 Å². The molecule has 0 saturated carbocycles. The van der Waals surface area contributed by atoms with Gasteiger partial charge in [0.25, 0.3) is 0 Å². The number of rotatable bonds is 3. The van der Waals surface area contributed by atoms with Crippen molar-refractivity contribution in [3.63, 3.8) is 0 Å². The maximum absolute atomic E-state index is 10.7. The predicted molar refractivity (Wildman–Crippen MR) is 88.1 cm³/mol. The van der Waals surface area contributed by atoms with Gasteiger partial charge in [0.15, 0.2) is 6.04 Å². The molecule has 1 fully saturated rings. The number of aromatic hydroxyl groups is 1. The largest absolute Gasteiger partial charge is 0.492 e. The third-order valence-electron chi connectivity index (χ3n) is 4.39. The molecular weight excluding hydrogens is 316 g/mol. The van der Waals surface area contributed by atoms with Gasteiger partial charge < -0.3 is 10.0 Å². The van der Waals surface area contributed by atoms with Crippen LogP contribution in [0.15, 0.2) is 11.4 Å². The molecule has 1 saturated heterocycles. The van der Waals surface area contributed by atoms with Crippen molar-refractivity contribution in [2.75, 3.05) is 13.1 Å². The summed E-state index contributed by atoms with van der Waals surface area (Å²) in [6.45, 7) is 6.33. The van der Waals surface area contributed by atoms with Gasteiger partial charge >= 0.3 is 0 Å². The number of nitrogens with one attached hydrogen (secondary N) is 1. The highest BCUT2D eigenvalue weighted by atomic mass is 32.1. The van der Waals surface area contributed by atoms with Crippen LogP contribution in [0, 0.1) is 13.8 Å². The van der Waals surface area contributed by atoms with Crippen molar-refractivity contribution in [3.05, 3.63) is 32.6 Å². The first-order valence-electron chi connectivity index (χ1n) is 7.58. The van der Waals surface area contributed by atoms with Crippen LogP contribution in [0.5, 0.6) is 5.88 Å². The number of nitrogens with zero attached hydrogens (tertiary/aromatic N) is 3. The zero-order valence-corrected chi connectivity index (χ0v) is 14.3. The van der Waals surface area contributed by atoms with Crippen LogP contribution in [0.25, 0.3) is 4.96 Å². The standard InChI is InChI=1S/C15H18N4OS2/c1-9-5-8-21-12(9)11(18-6-3-4-7-18)13-14(20)19-15(22-13)16-10(2)17-19/h5,8,11,20H,3-4,6-7H2,1-2H3/p+1/t11-/m1/s1. The van der Waals surface area contributed by atoms with Crippen LogP contribution in [-0.2, 0) is 0 Å².